The van der Waals surface area contributed by atoms with E-state index in [1.54, 1.807) is 6.08 Å². The van der Waals surface area contributed by atoms with Crippen molar-refractivity contribution in [1.29, 1.82) is 0 Å². The van der Waals surface area contributed by atoms with E-state index in [1.807, 2.05) is 26.8 Å². The van der Waals surface area contributed by atoms with Gasteiger partial charge in [-0.3, -0.25) is 0 Å². The van der Waals surface area contributed by atoms with E-state index in [0.29, 0.717) is 5.92 Å². The molecule has 0 aromatic rings. The number of carbonyl (C=O) groups excluding carboxylic acids is 1. The van der Waals surface area contributed by atoms with Gasteiger partial charge in [0.05, 0.1) is 6.10 Å². The topological polar surface area (TPSA) is 26.3 Å². The molecule has 126 valence electrons. The van der Waals surface area contributed by atoms with E-state index in [9.17, 15) is 4.79 Å². The fourth-order valence-electron chi connectivity index (χ4n) is 2.08. The van der Waals surface area contributed by atoms with Crippen molar-refractivity contribution in [2.45, 2.75) is 80.3 Å². The lowest BCUT2D eigenvalue weighted by molar-refractivity contribution is -0.141. The lowest BCUT2D eigenvalue weighted by Crippen LogP contribution is -2.08. The fraction of sp³-hybridized carbons (Fsp3) is 0.650. The molecule has 0 rings (SSSR count). The van der Waals surface area contributed by atoms with Gasteiger partial charge in [-0.05, 0) is 71.8 Å². The number of ether oxygens (including phenoxy) is 1. The van der Waals surface area contributed by atoms with Gasteiger partial charge in [0, 0.05) is 6.08 Å². The molecule has 0 bridgehead atoms. The third-order valence-electron chi connectivity index (χ3n) is 3.89. The summed E-state index contributed by atoms with van der Waals surface area (Å²) in [6.45, 7) is 14.6. The minimum absolute atomic E-state index is 0.0663. The summed E-state index contributed by atoms with van der Waals surface area (Å²) in [6, 6.07) is 0. The first-order valence-electron chi connectivity index (χ1n) is 8.46. The van der Waals surface area contributed by atoms with Crippen LogP contribution in [0.3, 0.4) is 0 Å². The molecular formula is C20H34O2. The molecular weight excluding hydrogens is 272 g/mol. The average molecular weight is 306 g/mol. The highest BCUT2D eigenvalue weighted by atomic mass is 16.5. The molecule has 1 atom stereocenters. The molecule has 0 aromatic carbocycles. The molecule has 0 radical (unpaired) electrons. The first-order chi connectivity index (χ1) is 10.3. The van der Waals surface area contributed by atoms with Crippen LogP contribution in [0.15, 0.2) is 34.9 Å². The largest absolute Gasteiger partial charge is 0.460 e. The van der Waals surface area contributed by atoms with Gasteiger partial charge in [0.2, 0.25) is 0 Å². The molecule has 0 N–H and O–H groups in total. The summed E-state index contributed by atoms with van der Waals surface area (Å²) in [7, 11) is 0. The minimum Gasteiger partial charge on any atom is -0.460 e. The van der Waals surface area contributed by atoms with Crippen molar-refractivity contribution >= 4 is 5.97 Å². The first-order valence-corrected chi connectivity index (χ1v) is 8.46. The van der Waals surface area contributed by atoms with Crippen LogP contribution < -0.4 is 0 Å². The molecule has 0 saturated carbocycles. The van der Waals surface area contributed by atoms with Gasteiger partial charge in [-0.2, -0.15) is 0 Å². The Morgan fingerprint density at radius 2 is 1.73 bits per heavy atom. The summed E-state index contributed by atoms with van der Waals surface area (Å²) in [6.07, 6.45) is 10.3. The number of rotatable bonds is 9. The summed E-state index contributed by atoms with van der Waals surface area (Å²) in [4.78, 5) is 11.5. The van der Waals surface area contributed by atoms with Crippen molar-refractivity contribution in [2.24, 2.45) is 5.92 Å². The number of hydrogen-bond acceptors (Lipinski definition) is 2. The van der Waals surface area contributed by atoms with E-state index in [0.717, 1.165) is 18.4 Å². The van der Waals surface area contributed by atoms with Crippen molar-refractivity contribution in [3.8, 4) is 0 Å². The van der Waals surface area contributed by atoms with Crippen LogP contribution in [0, 0.1) is 5.92 Å². The molecule has 0 heterocycles. The molecule has 0 aromatic heterocycles. The molecule has 1 unspecified atom stereocenters. The normalized spacial score (nSPS) is 15.2. The summed E-state index contributed by atoms with van der Waals surface area (Å²) in [5, 5.41) is 0. The highest BCUT2D eigenvalue weighted by Crippen LogP contribution is 2.19. The minimum atomic E-state index is -0.263. The summed E-state index contributed by atoms with van der Waals surface area (Å²) in [5.41, 5.74) is 3.99. The monoisotopic (exact) mass is 306 g/mol. The Hall–Kier alpha value is -1.31. The quantitative estimate of drug-likeness (QED) is 0.226. The molecule has 0 aliphatic rings. The highest BCUT2D eigenvalue weighted by Gasteiger charge is 2.03. The van der Waals surface area contributed by atoms with Crippen molar-refractivity contribution in [2.75, 3.05) is 0 Å². The van der Waals surface area contributed by atoms with Gasteiger partial charge in [-0.25, -0.2) is 4.79 Å². The predicted octanol–water partition coefficient (Wildman–Crippen LogP) is 5.99. The van der Waals surface area contributed by atoms with Crippen molar-refractivity contribution in [1.82, 2.24) is 0 Å². The molecule has 0 saturated heterocycles. The first kappa shape index (κ1) is 20.7. The van der Waals surface area contributed by atoms with Crippen LogP contribution >= 0.6 is 0 Å². The van der Waals surface area contributed by atoms with Gasteiger partial charge in [0.1, 0.15) is 0 Å². The third-order valence-corrected chi connectivity index (χ3v) is 3.89. The standard InChI is InChI=1S/C20H34O2/c1-8-18(6)19(7)13-12-16(4)10-9-11-17(5)14-20(21)22-15(2)3/h9,11,14-16H,8,10,12-13H2,1-7H3. The second kappa shape index (κ2) is 11.3. The van der Waals surface area contributed by atoms with E-state index in [-0.39, 0.29) is 12.1 Å². The van der Waals surface area contributed by atoms with E-state index in [2.05, 4.69) is 33.8 Å². The zero-order chi connectivity index (χ0) is 17.1. The Kier molecular flexibility index (Phi) is 10.6. The molecule has 0 fully saturated rings. The van der Waals surface area contributed by atoms with E-state index < -0.39 is 0 Å². The van der Waals surface area contributed by atoms with Gasteiger partial charge in [-0.1, -0.05) is 37.1 Å². The van der Waals surface area contributed by atoms with Gasteiger partial charge in [0.25, 0.3) is 0 Å². The maximum Gasteiger partial charge on any atom is 0.331 e. The second-order valence-corrected chi connectivity index (χ2v) is 6.57. The molecule has 2 heteroatoms. The zero-order valence-corrected chi connectivity index (χ0v) is 15.5. The average Bonchev–Trinajstić information content (AvgIpc) is 2.42. The molecule has 0 spiro atoms. The van der Waals surface area contributed by atoms with Crippen LogP contribution in [0.4, 0.5) is 0 Å². The van der Waals surface area contributed by atoms with Crippen molar-refractivity contribution < 1.29 is 9.53 Å². The van der Waals surface area contributed by atoms with Gasteiger partial charge in [0.15, 0.2) is 0 Å². The smallest absolute Gasteiger partial charge is 0.331 e. The number of esters is 1. The van der Waals surface area contributed by atoms with E-state index in [4.69, 9.17) is 4.74 Å². The van der Waals surface area contributed by atoms with E-state index >= 15 is 0 Å². The van der Waals surface area contributed by atoms with Gasteiger partial charge in [-0.15, -0.1) is 0 Å². The molecule has 0 aliphatic carbocycles. The van der Waals surface area contributed by atoms with Crippen LogP contribution in [0.2, 0.25) is 0 Å². The maximum atomic E-state index is 11.5. The fourth-order valence-corrected chi connectivity index (χ4v) is 2.08. The van der Waals surface area contributed by atoms with E-state index in [1.165, 1.54) is 24.0 Å². The van der Waals surface area contributed by atoms with Crippen LogP contribution in [0.1, 0.15) is 74.1 Å². The highest BCUT2D eigenvalue weighted by molar-refractivity contribution is 5.83. The Morgan fingerprint density at radius 3 is 2.27 bits per heavy atom. The molecule has 0 aliphatic heterocycles. The Labute approximate surface area is 137 Å². The molecule has 0 amide bonds. The lowest BCUT2D eigenvalue weighted by Gasteiger charge is -2.11. The second-order valence-electron chi connectivity index (χ2n) is 6.57. The van der Waals surface area contributed by atoms with Crippen LogP contribution in [0.5, 0.6) is 0 Å². The van der Waals surface area contributed by atoms with Gasteiger partial charge < -0.3 is 4.74 Å². The Morgan fingerprint density at radius 1 is 1.09 bits per heavy atom. The Bertz CT molecular complexity index is 425. The van der Waals surface area contributed by atoms with Crippen LogP contribution in [0.25, 0.3) is 0 Å². The Balaban J connectivity index is 4.21. The number of carbonyl (C=O) groups is 1. The lowest BCUT2D eigenvalue weighted by atomic mass is 9.96. The SMILES string of the molecule is CCC(C)=C(C)CCC(C)CC=CC(C)=CC(=O)OC(C)C. The zero-order valence-electron chi connectivity index (χ0n) is 15.5. The summed E-state index contributed by atoms with van der Waals surface area (Å²) in [5.74, 6) is 0.396. The molecule has 2 nitrogen and oxygen atoms in total. The molecule has 22 heavy (non-hydrogen) atoms. The summed E-state index contributed by atoms with van der Waals surface area (Å²) >= 11 is 0. The third kappa shape index (κ3) is 10.4. The number of hydrogen-bond donors (Lipinski definition) is 0. The van der Waals surface area contributed by atoms with Crippen LogP contribution in [-0.4, -0.2) is 12.1 Å². The van der Waals surface area contributed by atoms with Crippen molar-refractivity contribution in [3.05, 3.63) is 34.9 Å². The number of allylic oxidation sites excluding steroid dienone is 5. The van der Waals surface area contributed by atoms with Gasteiger partial charge >= 0.3 is 5.97 Å². The predicted molar refractivity (Wildman–Crippen MR) is 95.8 cm³/mol. The van der Waals surface area contributed by atoms with Crippen molar-refractivity contribution in [3.63, 3.8) is 0 Å². The maximum absolute atomic E-state index is 11.5. The summed E-state index contributed by atoms with van der Waals surface area (Å²) < 4.78 is 5.09. The van der Waals surface area contributed by atoms with Crippen LogP contribution in [-0.2, 0) is 9.53 Å².